The van der Waals surface area contributed by atoms with Crippen LogP contribution >= 0.6 is 0 Å². The van der Waals surface area contributed by atoms with Crippen molar-refractivity contribution in [1.29, 1.82) is 0 Å². The molecule has 2 N–H and O–H groups in total. The minimum atomic E-state index is -0.547. The first-order valence-corrected chi connectivity index (χ1v) is 5.94. The van der Waals surface area contributed by atoms with Crippen LogP contribution in [0.15, 0.2) is 18.2 Å². The summed E-state index contributed by atoms with van der Waals surface area (Å²) in [6, 6.07) is 3.69. The van der Waals surface area contributed by atoms with Crippen LogP contribution in [0.3, 0.4) is 0 Å². The number of nitro groups is 1. The number of nitro benzene ring substituents is 1. The number of hydrogen-bond donors (Lipinski definition) is 2. The van der Waals surface area contributed by atoms with Crippen LogP contribution in [-0.4, -0.2) is 29.9 Å². The lowest BCUT2D eigenvalue weighted by Crippen LogP contribution is -2.47. The first kappa shape index (κ1) is 13.8. The molecule has 0 aromatic heterocycles. The van der Waals surface area contributed by atoms with E-state index in [1.54, 1.807) is 0 Å². The van der Waals surface area contributed by atoms with Crippen LogP contribution in [0.4, 0.5) is 11.4 Å². The molecule has 1 aromatic rings. The van der Waals surface area contributed by atoms with Crippen LogP contribution in [0.1, 0.15) is 12.8 Å². The van der Waals surface area contributed by atoms with E-state index in [4.69, 9.17) is 4.74 Å². The van der Waals surface area contributed by atoms with Crippen molar-refractivity contribution in [1.82, 2.24) is 5.32 Å². The van der Waals surface area contributed by atoms with Crippen LogP contribution in [0, 0.1) is 10.1 Å². The Balaban J connectivity index is 2.16. The minimum absolute atomic E-state index is 0.104. The third kappa shape index (κ3) is 2.85. The predicted octanol–water partition coefficient (Wildman–Crippen LogP) is 0.820. The van der Waals surface area contributed by atoms with Crippen molar-refractivity contribution in [2.75, 3.05) is 12.4 Å². The van der Waals surface area contributed by atoms with Gasteiger partial charge in [0.05, 0.1) is 12.0 Å². The summed E-state index contributed by atoms with van der Waals surface area (Å²) < 4.78 is 4.94. The molecule has 0 radical (unpaired) electrons. The lowest BCUT2D eigenvalue weighted by Gasteiger charge is -2.22. The third-order valence-corrected chi connectivity index (χ3v) is 2.96. The summed E-state index contributed by atoms with van der Waals surface area (Å²) in [7, 11) is 1.33. The van der Waals surface area contributed by atoms with Gasteiger partial charge in [0.2, 0.25) is 11.8 Å². The summed E-state index contributed by atoms with van der Waals surface area (Å²) in [4.78, 5) is 32.9. The number of hydrogen-bond acceptors (Lipinski definition) is 6. The van der Waals surface area contributed by atoms with E-state index < -0.39 is 16.9 Å². The van der Waals surface area contributed by atoms with Crippen molar-refractivity contribution in [2.24, 2.45) is 0 Å². The molecule has 1 fully saturated rings. The average molecular weight is 279 g/mol. The predicted molar refractivity (Wildman–Crippen MR) is 69.4 cm³/mol. The highest BCUT2D eigenvalue weighted by Crippen LogP contribution is 2.30. The van der Waals surface area contributed by atoms with E-state index in [0.717, 1.165) is 0 Å². The fraction of sp³-hybridized carbons (Fsp3) is 0.333. The maximum atomic E-state index is 11.6. The number of piperidine rings is 1. The van der Waals surface area contributed by atoms with Crippen LogP contribution in [0.5, 0.6) is 5.75 Å². The zero-order valence-electron chi connectivity index (χ0n) is 10.7. The molecule has 106 valence electrons. The Hall–Kier alpha value is -2.64. The number of amides is 2. The number of anilines is 1. The molecule has 8 heteroatoms. The van der Waals surface area contributed by atoms with Gasteiger partial charge in [-0.15, -0.1) is 0 Å². The molecule has 0 bridgehead atoms. The molecule has 1 unspecified atom stereocenters. The number of carbonyl (C=O) groups excluding carboxylic acids is 2. The van der Waals surface area contributed by atoms with Crippen LogP contribution in [-0.2, 0) is 9.59 Å². The molecular weight excluding hydrogens is 266 g/mol. The van der Waals surface area contributed by atoms with E-state index in [0.29, 0.717) is 12.1 Å². The quantitative estimate of drug-likeness (QED) is 0.479. The van der Waals surface area contributed by atoms with Gasteiger partial charge in [0, 0.05) is 24.2 Å². The fourth-order valence-corrected chi connectivity index (χ4v) is 1.95. The topological polar surface area (TPSA) is 111 Å². The van der Waals surface area contributed by atoms with Crippen molar-refractivity contribution >= 4 is 23.2 Å². The number of benzene rings is 1. The summed E-state index contributed by atoms with van der Waals surface area (Å²) in [5.74, 6) is -0.597. The number of methoxy groups -OCH3 is 1. The Labute approximate surface area is 114 Å². The van der Waals surface area contributed by atoms with Gasteiger partial charge in [-0.05, 0) is 12.5 Å². The van der Waals surface area contributed by atoms with E-state index in [2.05, 4.69) is 10.6 Å². The van der Waals surface area contributed by atoms with Crippen LogP contribution < -0.4 is 15.4 Å². The highest BCUT2D eigenvalue weighted by atomic mass is 16.6. The molecule has 0 spiro atoms. The van der Waals surface area contributed by atoms with E-state index in [9.17, 15) is 19.7 Å². The van der Waals surface area contributed by atoms with Crippen LogP contribution in [0.25, 0.3) is 0 Å². The van der Waals surface area contributed by atoms with E-state index >= 15 is 0 Å². The van der Waals surface area contributed by atoms with Gasteiger partial charge in [-0.1, -0.05) is 0 Å². The van der Waals surface area contributed by atoms with Gasteiger partial charge < -0.3 is 10.1 Å². The smallest absolute Gasteiger partial charge is 0.311 e. The summed E-state index contributed by atoms with van der Waals surface area (Å²) in [6.45, 7) is 0. The lowest BCUT2D eigenvalue weighted by molar-refractivity contribution is -0.385. The van der Waals surface area contributed by atoms with Crippen molar-refractivity contribution in [3.8, 4) is 5.75 Å². The standard InChI is InChI=1S/C12H13N3O5/c1-20-10-6-7(2-4-9(10)15(18)19)13-8-3-5-11(16)14-12(8)17/h2,4,6,8,13H,3,5H2,1H3,(H,14,16,17). The lowest BCUT2D eigenvalue weighted by atomic mass is 10.1. The van der Waals surface area contributed by atoms with Crippen molar-refractivity contribution in [2.45, 2.75) is 18.9 Å². The van der Waals surface area contributed by atoms with Gasteiger partial charge in [-0.3, -0.25) is 25.0 Å². The van der Waals surface area contributed by atoms with E-state index in [1.807, 2.05) is 0 Å². The summed E-state index contributed by atoms with van der Waals surface area (Å²) in [5, 5.41) is 15.9. The van der Waals surface area contributed by atoms with Gasteiger partial charge in [0.1, 0.15) is 6.04 Å². The van der Waals surface area contributed by atoms with Crippen molar-refractivity contribution < 1.29 is 19.2 Å². The molecule has 2 rings (SSSR count). The molecule has 20 heavy (non-hydrogen) atoms. The maximum Gasteiger partial charge on any atom is 0.311 e. The molecule has 1 saturated heterocycles. The van der Waals surface area contributed by atoms with E-state index in [1.165, 1.54) is 25.3 Å². The molecule has 8 nitrogen and oxygen atoms in total. The largest absolute Gasteiger partial charge is 0.490 e. The second-order valence-electron chi connectivity index (χ2n) is 4.29. The Morgan fingerprint density at radius 1 is 1.45 bits per heavy atom. The number of ether oxygens (including phenoxy) is 1. The second-order valence-corrected chi connectivity index (χ2v) is 4.29. The molecule has 1 aliphatic rings. The molecule has 1 atom stereocenters. The van der Waals surface area contributed by atoms with Gasteiger partial charge in [0.15, 0.2) is 5.75 Å². The molecule has 0 aliphatic carbocycles. The van der Waals surface area contributed by atoms with Crippen LogP contribution in [0.2, 0.25) is 0 Å². The molecule has 0 saturated carbocycles. The fourth-order valence-electron chi connectivity index (χ4n) is 1.95. The van der Waals surface area contributed by atoms with Gasteiger partial charge in [0.25, 0.3) is 0 Å². The highest BCUT2D eigenvalue weighted by Gasteiger charge is 2.26. The summed E-state index contributed by atoms with van der Waals surface area (Å²) in [6.07, 6.45) is 0.636. The Morgan fingerprint density at radius 2 is 2.20 bits per heavy atom. The van der Waals surface area contributed by atoms with E-state index in [-0.39, 0.29) is 23.8 Å². The molecule has 2 amide bonds. The summed E-state index contributed by atoms with van der Waals surface area (Å²) in [5.41, 5.74) is 0.364. The first-order valence-electron chi connectivity index (χ1n) is 5.94. The number of carbonyl (C=O) groups is 2. The minimum Gasteiger partial charge on any atom is -0.490 e. The maximum absolute atomic E-state index is 11.6. The Kier molecular flexibility index (Phi) is 3.83. The summed E-state index contributed by atoms with van der Waals surface area (Å²) >= 11 is 0. The zero-order chi connectivity index (χ0) is 14.7. The van der Waals surface area contributed by atoms with Crippen molar-refractivity contribution in [3.63, 3.8) is 0 Å². The SMILES string of the molecule is COc1cc(NC2CCC(=O)NC2=O)ccc1[N+](=O)[O-]. The van der Waals surface area contributed by atoms with Crippen molar-refractivity contribution in [3.05, 3.63) is 28.3 Å². The normalized spacial score (nSPS) is 18.4. The first-order chi connectivity index (χ1) is 9.51. The van der Waals surface area contributed by atoms with Gasteiger partial charge in [-0.25, -0.2) is 0 Å². The van der Waals surface area contributed by atoms with Gasteiger partial charge >= 0.3 is 5.69 Å². The number of nitrogens with one attached hydrogen (secondary N) is 2. The molecule has 1 heterocycles. The molecule has 1 aliphatic heterocycles. The monoisotopic (exact) mass is 279 g/mol. The number of imide groups is 1. The second kappa shape index (κ2) is 5.55. The number of rotatable bonds is 4. The molecule has 1 aromatic carbocycles. The Morgan fingerprint density at radius 3 is 2.80 bits per heavy atom. The molecular formula is C12H13N3O5. The average Bonchev–Trinajstić information content (AvgIpc) is 2.41. The highest BCUT2D eigenvalue weighted by molar-refractivity contribution is 6.01. The third-order valence-electron chi connectivity index (χ3n) is 2.96. The zero-order valence-corrected chi connectivity index (χ0v) is 10.7. The Bertz CT molecular complexity index is 572. The van der Waals surface area contributed by atoms with Gasteiger partial charge in [-0.2, -0.15) is 0 Å². The number of nitrogens with zero attached hydrogens (tertiary/aromatic N) is 1.